The quantitative estimate of drug-likeness (QED) is 0.591. The molecule has 0 amide bonds. The van der Waals surface area contributed by atoms with Crippen molar-refractivity contribution in [2.45, 2.75) is 26.2 Å². The summed E-state index contributed by atoms with van der Waals surface area (Å²) >= 11 is 0. The number of halogens is 4. The summed E-state index contributed by atoms with van der Waals surface area (Å²) in [7, 11) is 1.49. The average Bonchev–Trinajstić information content (AvgIpc) is 2.86. The lowest BCUT2D eigenvalue weighted by Gasteiger charge is -2.11. The third kappa shape index (κ3) is 3.97. The number of methoxy groups -OCH3 is 1. The standard InChI is InChI=1S/C19H18F4N2O3/c1-3-28-17-8-12(4-7-16(17)27-2)10-24-14-6-5-13(20)9-15(14)25(18(24)26)11-19(21,22)23/h4-9H,3,10-11H2,1-2H3. The van der Waals surface area contributed by atoms with E-state index in [1.54, 1.807) is 25.1 Å². The summed E-state index contributed by atoms with van der Waals surface area (Å²) in [6.07, 6.45) is -4.61. The van der Waals surface area contributed by atoms with Gasteiger partial charge < -0.3 is 9.47 Å². The predicted molar refractivity (Wildman–Crippen MR) is 95.5 cm³/mol. The number of hydrogen-bond acceptors (Lipinski definition) is 3. The van der Waals surface area contributed by atoms with Crippen molar-refractivity contribution in [2.24, 2.45) is 0 Å². The second-order valence-electron chi connectivity index (χ2n) is 6.12. The van der Waals surface area contributed by atoms with Gasteiger partial charge in [0, 0.05) is 0 Å². The number of alkyl halides is 3. The van der Waals surface area contributed by atoms with Crippen molar-refractivity contribution >= 4 is 11.0 Å². The average molecular weight is 398 g/mol. The SMILES string of the molecule is CCOc1cc(Cn2c(=O)n(CC(F)(F)F)c3cc(F)ccc32)ccc1OC. The van der Waals surface area contributed by atoms with E-state index in [4.69, 9.17) is 9.47 Å². The molecule has 2 aromatic carbocycles. The Bertz CT molecular complexity index is 1050. The summed E-state index contributed by atoms with van der Waals surface area (Å²) in [5.41, 5.74) is -0.140. The summed E-state index contributed by atoms with van der Waals surface area (Å²) in [4.78, 5) is 12.7. The van der Waals surface area contributed by atoms with Crippen LogP contribution in [0.1, 0.15) is 12.5 Å². The zero-order valence-electron chi connectivity index (χ0n) is 15.2. The molecule has 5 nitrogen and oxygen atoms in total. The Morgan fingerprint density at radius 3 is 2.39 bits per heavy atom. The zero-order valence-corrected chi connectivity index (χ0v) is 15.2. The van der Waals surface area contributed by atoms with E-state index in [1.165, 1.54) is 17.7 Å². The van der Waals surface area contributed by atoms with Gasteiger partial charge in [0.25, 0.3) is 0 Å². The van der Waals surface area contributed by atoms with Crippen LogP contribution in [0.5, 0.6) is 11.5 Å². The number of benzene rings is 2. The van der Waals surface area contributed by atoms with Gasteiger partial charge in [-0.25, -0.2) is 9.18 Å². The maximum Gasteiger partial charge on any atom is 0.406 e. The summed E-state index contributed by atoms with van der Waals surface area (Å²) in [5.74, 6) is 0.240. The first kappa shape index (κ1) is 19.8. The van der Waals surface area contributed by atoms with Gasteiger partial charge in [0.15, 0.2) is 11.5 Å². The van der Waals surface area contributed by atoms with Crippen LogP contribution in [-0.2, 0) is 13.1 Å². The molecule has 1 heterocycles. The molecule has 0 aliphatic carbocycles. The third-order valence-corrected chi connectivity index (χ3v) is 4.19. The Kier molecular flexibility index (Phi) is 5.35. The molecule has 0 unspecified atom stereocenters. The van der Waals surface area contributed by atoms with E-state index in [0.29, 0.717) is 28.2 Å². The largest absolute Gasteiger partial charge is 0.493 e. The molecule has 0 saturated carbocycles. The van der Waals surface area contributed by atoms with Crippen LogP contribution < -0.4 is 15.2 Å². The third-order valence-electron chi connectivity index (χ3n) is 4.19. The molecular weight excluding hydrogens is 380 g/mol. The van der Waals surface area contributed by atoms with Crippen molar-refractivity contribution in [2.75, 3.05) is 13.7 Å². The van der Waals surface area contributed by atoms with E-state index in [2.05, 4.69) is 0 Å². The number of aromatic nitrogens is 2. The molecule has 0 saturated heterocycles. The molecule has 0 bridgehead atoms. The first-order valence-corrected chi connectivity index (χ1v) is 8.48. The summed E-state index contributed by atoms with van der Waals surface area (Å²) in [5, 5.41) is 0. The van der Waals surface area contributed by atoms with Crippen LogP contribution >= 0.6 is 0 Å². The Balaban J connectivity index is 2.10. The fourth-order valence-corrected chi connectivity index (χ4v) is 3.05. The minimum absolute atomic E-state index is 0.00408. The van der Waals surface area contributed by atoms with Gasteiger partial charge in [-0.05, 0) is 42.8 Å². The summed E-state index contributed by atoms with van der Waals surface area (Å²) in [6, 6.07) is 8.33. The van der Waals surface area contributed by atoms with Crippen molar-refractivity contribution in [3.05, 3.63) is 58.3 Å². The Hall–Kier alpha value is -2.97. The highest BCUT2D eigenvalue weighted by atomic mass is 19.4. The van der Waals surface area contributed by atoms with E-state index in [0.717, 1.165) is 12.1 Å². The maximum absolute atomic E-state index is 13.6. The lowest BCUT2D eigenvalue weighted by molar-refractivity contribution is -0.140. The van der Waals surface area contributed by atoms with Crippen molar-refractivity contribution in [3.8, 4) is 11.5 Å². The van der Waals surface area contributed by atoms with E-state index in [9.17, 15) is 22.4 Å². The normalized spacial score (nSPS) is 11.8. The van der Waals surface area contributed by atoms with Gasteiger partial charge in [0.05, 0.1) is 31.3 Å². The molecule has 9 heteroatoms. The molecule has 0 N–H and O–H groups in total. The first-order chi connectivity index (χ1) is 13.2. The van der Waals surface area contributed by atoms with Gasteiger partial charge >= 0.3 is 11.9 Å². The maximum atomic E-state index is 13.6. The summed E-state index contributed by atoms with van der Waals surface area (Å²) < 4.78 is 64.8. The fraction of sp³-hybridized carbons (Fsp3) is 0.316. The second-order valence-corrected chi connectivity index (χ2v) is 6.12. The molecule has 0 spiro atoms. The molecule has 3 rings (SSSR count). The van der Waals surface area contributed by atoms with Gasteiger partial charge in [-0.15, -0.1) is 0 Å². The van der Waals surface area contributed by atoms with E-state index in [-0.39, 0.29) is 17.6 Å². The van der Waals surface area contributed by atoms with Crippen LogP contribution in [0, 0.1) is 5.82 Å². The minimum Gasteiger partial charge on any atom is -0.493 e. The number of nitrogens with zero attached hydrogens (tertiary/aromatic N) is 2. The molecule has 0 aliphatic rings. The molecule has 150 valence electrons. The van der Waals surface area contributed by atoms with Crippen molar-refractivity contribution < 1.29 is 27.0 Å². The summed E-state index contributed by atoms with van der Waals surface area (Å²) in [6.45, 7) is 0.696. The van der Waals surface area contributed by atoms with Crippen LogP contribution in [0.25, 0.3) is 11.0 Å². The Morgan fingerprint density at radius 2 is 1.75 bits per heavy atom. The number of hydrogen-bond donors (Lipinski definition) is 0. The Labute approximate surface area is 157 Å². The highest BCUT2D eigenvalue weighted by molar-refractivity contribution is 5.76. The van der Waals surface area contributed by atoms with Gasteiger partial charge in [-0.2, -0.15) is 13.2 Å². The van der Waals surface area contributed by atoms with Crippen LogP contribution in [0.3, 0.4) is 0 Å². The van der Waals surface area contributed by atoms with Crippen LogP contribution in [0.2, 0.25) is 0 Å². The smallest absolute Gasteiger partial charge is 0.406 e. The monoisotopic (exact) mass is 398 g/mol. The zero-order chi connectivity index (χ0) is 20.5. The molecule has 0 atom stereocenters. The van der Waals surface area contributed by atoms with E-state index < -0.39 is 24.2 Å². The van der Waals surface area contributed by atoms with Crippen molar-refractivity contribution in [1.82, 2.24) is 9.13 Å². The van der Waals surface area contributed by atoms with E-state index >= 15 is 0 Å². The molecule has 1 aromatic heterocycles. The molecule has 3 aromatic rings. The molecule has 0 radical (unpaired) electrons. The minimum atomic E-state index is -4.61. The molecular formula is C19H18F4N2O3. The molecule has 0 fully saturated rings. The predicted octanol–water partition coefficient (Wildman–Crippen LogP) is 3.96. The van der Waals surface area contributed by atoms with Crippen LogP contribution in [0.15, 0.2) is 41.2 Å². The van der Waals surface area contributed by atoms with Crippen LogP contribution in [-0.4, -0.2) is 29.0 Å². The number of fused-ring (bicyclic) bond motifs is 1. The van der Waals surface area contributed by atoms with E-state index in [1.807, 2.05) is 0 Å². The lowest BCUT2D eigenvalue weighted by atomic mass is 10.2. The highest BCUT2D eigenvalue weighted by Crippen LogP contribution is 2.29. The topological polar surface area (TPSA) is 45.4 Å². The van der Waals surface area contributed by atoms with Gasteiger partial charge in [-0.3, -0.25) is 9.13 Å². The van der Waals surface area contributed by atoms with Crippen LogP contribution in [0.4, 0.5) is 17.6 Å². The van der Waals surface area contributed by atoms with Crippen molar-refractivity contribution in [3.63, 3.8) is 0 Å². The molecule has 0 aliphatic heterocycles. The van der Waals surface area contributed by atoms with Gasteiger partial charge in [-0.1, -0.05) is 6.07 Å². The lowest BCUT2D eigenvalue weighted by Crippen LogP contribution is -2.30. The molecule has 28 heavy (non-hydrogen) atoms. The van der Waals surface area contributed by atoms with Crippen molar-refractivity contribution in [1.29, 1.82) is 0 Å². The number of imidazole rings is 1. The highest BCUT2D eigenvalue weighted by Gasteiger charge is 2.30. The van der Waals surface area contributed by atoms with Gasteiger partial charge in [0.2, 0.25) is 0 Å². The Morgan fingerprint density at radius 1 is 1.00 bits per heavy atom. The number of rotatable bonds is 6. The number of ether oxygens (including phenoxy) is 2. The first-order valence-electron chi connectivity index (χ1n) is 8.48. The fourth-order valence-electron chi connectivity index (χ4n) is 3.05. The second kappa shape index (κ2) is 7.57. The van der Waals surface area contributed by atoms with Gasteiger partial charge in [0.1, 0.15) is 12.4 Å².